The molecule has 3 aliphatic rings. The summed E-state index contributed by atoms with van der Waals surface area (Å²) >= 11 is 0. The molecule has 1 aromatic carbocycles. The van der Waals surface area contributed by atoms with E-state index in [1.54, 1.807) is 18.2 Å². The van der Waals surface area contributed by atoms with Gasteiger partial charge in [0.2, 0.25) is 12.2 Å². The Morgan fingerprint density at radius 3 is 2.73 bits per heavy atom. The van der Waals surface area contributed by atoms with E-state index in [2.05, 4.69) is 10.3 Å². The summed E-state index contributed by atoms with van der Waals surface area (Å²) in [7, 11) is 0. The fourth-order valence-electron chi connectivity index (χ4n) is 3.36. The van der Waals surface area contributed by atoms with Gasteiger partial charge in [-0.1, -0.05) is 0 Å². The number of aliphatic hydroxyl groups excluding tert-OH is 3. The van der Waals surface area contributed by atoms with Crippen LogP contribution in [0.4, 0.5) is 0 Å². The maximum Gasteiger partial charge on any atom is 0.223 e. The zero-order chi connectivity index (χ0) is 21.4. The molecule has 2 aliphatic heterocycles. The minimum Gasteiger partial charge on any atom is -0.462 e. The van der Waals surface area contributed by atoms with Crippen LogP contribution in [0.2, 0.25) is 0 Å². The van der Waals surface area contributed by atoms with E-state index in [-0.39, 0.29) is 11.2 Å². The highest BCUT2D eigenvalue weighted by Gasteiger charge is 2.46. The Hall–Kier alpha value is -3.05. The van der Waals surface area contributed by atoms with Crippen molar-refractivity contribution >= 4 is 17.0 Å². The van der Waals surface area contributed by atoms with Crippen LogP contribution in [-0.2, 0) is 9.53 Å². The summed E-state index contributed by atoms with van der Waals surface area (Å²) < 4.78 is 17.1. The summed E-state index contributed by atoms with van der Waals surface area (Å²) in [6, 6.07) is 7.98. The third-order valence-electron chi connectivity index (χ3n) is 4.83. The van der Waals surface area contributed by atoms with E-state index in [0.717, 1.165) is 0 Å². The predicted molar refractivity (Wildman–Crippen MR) is 103 cm³/mol. The first-order chi connectivity index (χ1) is 14.4. The average molecular weight is 416 g/mol. The van der Waals surface area contributed by atoms with Crippen LogP contribution in [0.1, 0.15) is 6.92 Å². The van der Waals surface area contributed by atoms with Crippen molar-refractivity contribution < 1.29 is 34.0 Å². The Morgan fingerprint density at radius 2 is 2.00 bits per heavy atom. The number of hydrogen-bond acceptors (Lipinski definition) is 9. The molecule has 10 nitrogen and oxygen atoms in total. The van der Waals surface area contributed by atoms with Crippen LogP contribution in [0.15, 0.2) is 45.6 Å². The Kier molecular flexibility index (Phi) is 5.39. The van der Waals surface area contributed by atoms with Gasteiger partial charge in [0.1, 0.15) is 41.3 Å². The van der Waals surface area contributed by atoms with Crippen LogP contribution in [0.5, 0.6) is 5.75 Å². The van der Waals surface area contributed by atoms with Crippen molar-refractivity contribution in [2.75, 3.05) is 6.61 Å². The largest absolute Gasteiger partial charge is 0.462 e. The summed E-state index contributed by atoms with van der Waals surface area (Å²) in [5.74, 6) is 0.130. The monoisotopic (exact) mass is 416 g/mol. The average Bonchev–Trinajstić information content (AvgIpc) is 2.71. The van der Waals surface area contributed by atoms with Gasteiger partial charge in [-0.25, -0.2) is 4.98 Å². The molecule has 2 heterocycles. The molecule has 30 heavy (non-hydrogen) atoms. The molecule has 0 radical (unpaired) electrons. The first kappa shape index (κ1) is 20.2. The number of rotatable bonds is 4. The highest BCUT2D eigenvalue weighted by atomic mass is 16.7. The molecule has 0 aromatic heterocycles. The molecule has 1 fully saturated rings. The molecule has 1 aliphatic carbocycles. The van der Waals surface area contributed by atoms with Gasteiger partial charge in [0.05, 0.1) is 6.61 Å². The number of aromatic nitrogens is 1. The van der Waals surface area contributed by atoms with E-state index in [1.165, 1.54) is 25.1 Å². The molecule has 1 saturated heterocycles. The molecular weight excluding hydrogens is 396 g/mol. The normalized spacial score (nSPS) is 26.6. The van der Waals surface area contributed by atoms with Crippen LogP contribution in [0, 0.1) is 0 Å². The third kappa shape index (κ3) is 3.85. The van der Waals surface area contributed by atoms with Crippen molar-refractivity contribution in [3.05, 3.63) is 46.6 Å². The van der Waals surface area contributed by atoms with E-state index in [4.69, 9.17) is 13.9 Å². The topological polar surface area (TPSA) is 151 Å². The molecule has 5 atom stereocenters. The Labute approximate surface area is 170 Å². The number of fused-ring (bicyclic) bond motifs is 2. The van der Waals surface area contributed by atoms with Gasteiger partial charge in [-0.15, -0.1) is 0 Å². The van der Waals surface area contributed by atoms with Gasteiger partial charge in [-0.05, 0) is 24.3 Å². The van der Waals surface area contributed by atoms with Crippen molar-refractivity contribution in [1.82, 2.24) is 10.3 Å². The standard InChI is InChI=1S/C20H20N2O8/c1-9(24)21-17-19(27)18(26)16(8-23)30-20(17)28-11-3-5-13-15(7-11)29-14-6-10(25)2-4-12(14)22-13/h2-7,16-20,23,26-27H,8H2,1H3,(H,21,24)/t16?,17?,18-,19+,20-/m1/s1. The SMILES string of the molecule is CC(=O)NC1[C@H](Oc2ccc3nc4ccc(=O)cc-4oc3c2)OC(CO)[C@@H](O)[C@H]1O. The fourth-order valence-corrected chi connectivity index (χ4v) is 3.36. The summed E-state index contributed by atoms with van der Waals surface area (Å²) in [6.07, 6.45) is -5.11. The van der Waals surface area contributed by atoms with Crippen LogP contribution < -0.4 is 15.5 Å². The third-order valence-corrected chi connectivity index (χ3v) is 4.83. The summed E-state index contributed by atoms with van der Waals surface area (Å²) in [4.78, 5) is 27.5. The highest BCUT2D eigenvalue weighted by molar-refractivity contribution is 5.77. The van der Waals surface area contributed by atoms with Crippen molar-refractivity contribution in [1.29, 1.82) is 0 Å². The molecule has 0 saturated carbocycles. The Bertz CT molecular complexity index is 1100. The minimum absolute atomic E-state index is 0.212. The Morgan fingerprint density at radius 1 is 1.20 bits per heavy atom. The number of amides is 1. The summed E-state index contributed by atoms with van der Waals surface area (Å²) in [6.45, 7) is 0.704. The number of benzene rings is 2. The highest BCUT2D eigenvalue weighted by Crippen LogP contribution is 2.29. The minimum atomic E-state index is -1.42. The zero-order valence-electron chi connectivity index (χ0n) is 15.9. The number of carbonyl (C=O) groups is 1. The van der Waals surface area contributed by atoms with Crippen LogP contribution in [-0.4, -0.2) is 63.5 Å². The van der Waals surface area contributed by atoms with Crippen LogP contribution in [0.3, 0.4) is 0 Å². The quantitative estimate of drug-likeness (QED) is 0.417. The first-order valence-electron chi connectivity index (χ1n) is 9.26. The predicted octanol–water partition coefficient (Wildman–Crippen LogP) is -0.385. The van der Waals surface area contributed by atoms with E-state index in [0.29, 0.717) is 22.6 Å². The van der Waals surface area contributed by atoms with Gasteiger partial charge in [0.25, 0.3) is 0 Å². The van der Waals surface area contributed by atoms with E-state index in [1.807, 2.05) is 0 Å². The second kappa shape index (κ2) is 8.00. The van der Waals surface area contributed by atoms with Crippen molar-refractivity contribution in [3.8, 4) is 17.2 Å². The van der Waals surface area contributed by atoms with Gasteiger partial charge in [0, 0.05) is 19.1 Å². The lowest BCUT2D eigenvalue weighted by atomic mass is 9.97. The number of nitrogens with one attached hydrogen (secondary N) is 1. The first-order valence-corrected chi connectivity index (χ1v) is 9.26. The van der Waals surface area contributed by atoms with E-state index < -0.39 is 43.2 Å². The number of hydrogen-bond donors (Lipinski definition) is 4. The van der Waals surface area contributed by atoms with Crippen molar-refractivity contribution in [2.24, 2.45) is 0 Å². The molecule has 0 bridgehead atoms. The van der Waals surface area contributed by atoms with Gasteiger partial charge >= 0.3 is 0 Å². The zero-order valence-corrected chi connectivity index (χ0v) is 15.9. The molecule has 4 rings (SSSR count). The van der Waals surface area contributed by atoms with Crippen LogP contribution in [0.25, 0.3) is 22.6 Å². The second-order valence-corrected chi connectivity index (χ2v) is 7.02. The molecule has 1 aromatic rings. The van der Waals surface area contributed by atoms with Crippen LogP contribution >= 0.6 is 0 Å². The number of carbonyl (C=O) groups excluding carboxylic acids is 1. The lowest BCUT2D eigenvalue weighted by molar-refractivity contribution is -0.244. The van der Waals surface area contributed by atoms with Gasteiger partial charge in [-0.3, -0.25) is 9.59 Å². The van der Waals surface area contributed by atoms with Gasteiger partial charge < -0.3 is 34.5 Å². The number of ether oxygens (including phenoxy) is 2. The molecule has 4 N–H and O–H groups in total. The van der Waals surface area contributed by atoms with Gasteiger partial charge in [-0.2, -0.15) is 0 Å². The lowest BCUT2D eigenvalue weighted by Gasteiger charge is -2.42. The molecular formula is C20H20N2O8. The van der Waals surface area contributed by atoms with E-state index in [9.17, 15) is 24.9 Å². The van der Waals surface area contributed by atoms with Gasteiger partial charge in [0.15, 0.2) is 16.8 Å². The molecule has 2 unspecified atom stereocenters. The molecule has 1 amide bonds. The summed E-state index contributed by atoms with van der Waals surface area (Å²) in [5.41, 5.74) is 1.19. The maximum absolute atomic E-state index is 11.6. The molecule has 158 valence electrons. The maximum atomic E-state index is 11.6. The Balaban J connectivity index is 1.66. The molecule has 10 heteroatoms. The second-order valence-electron chi connectivity index (χ2n) is 7.02. The van der Waals surface area contributed by atoms with Crippen molar-refractivity contribution in [3.63, 3.8) is 0 Å². The smallest absolute Gasteiger partial charge is 0.223 e. The fraction of sp³-hybridized carbons (Fsp3) is 0.350. The number of aliphatic hydroxyl groups is 3. The molecule has 0 spiro atoms. The van der Waals surface area contributed by atoms with Crippen molar-refractivity contribution in [2.45, 2.75) is 37.6 Å². The lowest BCUT2D eigenvalue weighted by Crippen LogP contribution is -2.65. The van der Waals surface area contributed by atoms with E-state index >= 15 is 0 Å². The number of nitrogens with zero attached hydrogens (tertiary/aromatic N) is 1. The summed E-state index contributed by atoms with van der Waals surface area (Å²) in [5, 5.41) is 32.3.